The molecule has 2 N–H and O–H groups in total. The van der Waals surface area contributed by atoms with Gasteiger partial charge in [-0.05, 0) is 44.2 Å². The highest BCUT2D eigenvalue weighted by atomic mass is 15.2. The maximum absolute atomic E-state index is 6.03. The van der Waals surface area contributed by atoms with Crippen LogP contribution < -0.4 is 5.73 Å². The van der Waals surface area contributed by atoms with E-state index in [0.29, 0.717) is 12.6 Å². The molecule has 108 valence electrons. The quantitative estimate of drug-likeness (QED) is 0.876. The van der Waals surface area contributed by atoms with E-state index in [1.165, 1.54) is 23.8 Å². The number of hydrogen-bond acceptors (Lipinski definition) is 3. The number of hydrogen-bond donors (Lipinski definition) is 1. The topological polar surface area (TPSA) is 42.1 Å². The fraction of sp³-hybridized carbons (Fsp3) is 0.471. The van der Waals surface area contributed by atoms with Gasteiger partial charge in [-0.2, -0.15) is 0 Å². The summed E-state index contributed by atoms with van der Waals surface area (Å²) in [6.45, 7) is 5.13. The summed E-state index contributed by atoms with van der Waals surface area (Å²) in [7, 11) is 2.17. The number of aromatic nitrogens is 1. The predicted octanol–water partition coefficient (Wildman–Crippen LogP) is 3.36. The SMILES string of the molecule is CCCC(C)N(C)C(CN)c1ccc2ncccc2c1. The van der Waals surface area contributed by atoms with Gasteiger partial charge in [-0.3, -0.25) is 9.88 Å². The first-order valence-corrected chi connectivity index (χ1v) is 7.44. The van der Waals surface area contributed by atoms with Crippen LogP contribution in [0.15, 0.2) is 36.5 Å². The van der Waals surface area contributed by atoms with Crippen LogP contribution in [0.1, 0.15) is 38.3 Å². The molecule has 0 bridgehead atoms. The predicted molar refractivity (Wildman–Crippen MR) is 85.7 cm³/mol. The molecule has 0 aliphatic rings. The molecular formula is C17H25N3. The molecule has 0 aliphatic heterocycles. The van der Waals surface area contributed by atoms with Crippen LogP contribution in [-0.2, 0) is 0 Å². The minimum Gasteiger partial charge on any atom is -0.329 e. The van der Waals surface area contributed by atoms with Crippen molar-refractivity contribution >= 4 is 10.9 Å². The lowest BCUT2D eigenvalue weighted by atomic mass is 10.0. The maximum Gasteiger partial charge on any atom is 0.0702 e. The van der Waals surface area contributed by atoms with Crippen molar-refractivity contribution in [3.8, 4) is 0 Å². The Morgan fingerprint density at radius 2 is 2.10 bits per heavy atom. The first-order valence-electron chi connectivity index (χ1n) is 7.44. The Morgan fingerprint density at radius 1 is 1.30 bits per heavy atom. The van der Waals surface area contributed by atoms with Gasteiger partial charge in [0.1, 0.15) is 0 Å². The second kappa shape index (κ2) is 6.82. The molecule has 0 radical (unpaired) electrons. The first kappa shape index (κ1) is 14.9. The van der Waals surface area contributed by atoms with E-state index in [1.807, 2.05) is 12.3 Å². The largest absolute Gasteiger partial charge is 0.329 e. The molecule has 3 heteroatoms. The number of likely N-dealkylation sites (N-methyl/N-ethyl adjacent to an activating group) is 1. The third kappa shape index (κ3) is 3.17. The average Bonchev–Trinajstić information content (AvgIpc) is 2.48. The Morgan fingerprint density at radius 3 is 2.80 bits per heavy atom. The van der Waals surface area contributed by atoms with Crippen molar-refractivity contribution in [1.82, 2.24) is 9.88 Å². The number of nitrogens with two attached hydrogens (primary N) is 1. The molecule has 2 rings (SSSR count). The summed E-state index contributed by atoms with van der Waals surface area (Å²) < 4.78 is 0. The minimum atomic E-state index is 0.265. The molecule has 2 unspecified atom stereocenters. The molecule has 1 heterocycles. The summed E-state index contributed by atoms with van der Waals surface area (Å²) in [5, 5.41) is 1.18. The van der Waals surface area contributed by atoms with Crippen molar-refractivity contribution in [2.45, 2.75) is 38.8 Å². The maximum atomic E-state index is 6.03. The second-order valence-corrected chi connectivity index (χ2v) is 5.51. The smallest absolute Gasteiger partial charge is 0.0702 e. The van der Waals surface area contributed by atoms with Gasteiger partial charge in [0.2, 0.25) is 0 Å². The molecule has 0 spiro atoms. The summed E-state index contributed by atoms with van der Waals surface area (Å²) in [5.74, 6) is 0. The zero-order valence-corrected chi connectivity index (χ0v) is 12.7. The average molecular weight is 271 g/mol. The van der Waals surface area contributed by atoms with Gasteiger partial charge in [0.15, 0.2) is 0 Å². The normalized spacial score (nSPS) is 14.7. The van der Waals surface area contributed by atoms with E-state index >= 15 is 0 Å². The zero-order valence-electron chi connectivity index (χ0n) is 12.7. The van der Waals surface area contributed by atoms with Crippen molar-refractivity contribution < 1.29 is 0 Å². The monoisotopic (exact) mass is 271 g/mol. The molecule has 2 aromatic rings. The molecule has 20 heavy (non-hydrogen) atoms. The van der Waals surface area contributed by atoms with Gasteiger partial charge < -0.3 is 5.73 Å². The van der Waals surface area contributed by atoms with Gasteiger partial charge in [-0.1, -0.05) is 25.5 Å². The summed E-state index contributed by atoms with van der Waals surface area (Å²) >= 11 is 0. The fourth-order valence-electron chi connectivity index (χ4n) is 2.77. The van der Waals surface area contributed by atoms with Crippen LogP contribution in [0.5, 0.6) is 0 Å². The number of benzene rings is 1. The Balaban J connectivity index is 2.29. The summed E-state index contributed by atoms with van der Waals surface area (Å²) in [6, 6.07) is 11.4. The molecule has 3 nitrogen and oxygen atoms in total. The van der Waals surface area contributed by atoms with Crippen molar-refractivity contribution in [2.75, 3.05) is 13.6 Å². The second-order valence-electron chi connectivity index (χ2n) is 5.51. The van der Waals surface area contributed by atoms with E-state index in [0.717, 1.165) is 5.52 Å². The highest BCUT2D eigenvalue weighted by molar-refractivity contribution is 5.79. The van der Waals surface area contributed by atoms with E-state index in [4.69, 9.17) is 5.73 Å². The van der Waals surface area contributed by atoms with E-state index in [9.17, 15) is 0 Å². The molecule has 0 amide bonds. The van der Waals surface area contributed by atoms with Crippen LogP contribution in [0.2, 0.25) is 0 Å². The standard InChI is InChI=1S/C17H25N3/c1-4-6-13(2)20(3)17(12-18)15-8-9-16-14(11-15)7-5-10-19-16/h5,7-11,13,17H,4,6,12,18H2,1-3H3. The number of nitrogens with zero attached hydrogens (tertiary/aromatic N) is 2. The van der Waals surface area contributed by atoms with Gasteiger partial charge in [0, 0.05) is 30.2 Å². The molecular weight excluding hydrogens is 246 g/mol. The molecule has 0 saturated heterocycles. The van der Waals surface area contributed by atoms with Crippen molar-refractivity contribution in [1.29, 1.82) is 0 Å². The van der Waals surface area contributed by atoms with E-state index in [1.54, 1.807) is 0 Å². The van der Waals surface area contributed by atoms with Crippen LogP contribution in [0.25, 0.3) is 10.9 Å². The van der Waals surface area contributed by atoms with Crippen molar-refractivity contribution in [3.63, 3.8) is 0 Å². The number of pyridine rings is 1. The minimum absolute atomic E-state index is 0.265. The third-order valence-corrected chi connectivity index (χ3v) is 4.13. The van der Waals surface area contributed by atoms with E-state index in [2.05, 4.69) is 55.0 Å². The Labute approximate surface area is 121 Å². The van der Waals surface area contributed by atoms with Crippen LogP contribution in [0, 0.1) is 0 Å². The number of rotatable bonds is 6. The Hall–Kier alpha value is -1.45. The van der Waals surface area contributed by atoms with Gasteiger partial charge >= 0.3 is 0 Å². The Bertz CT molecular complexity index is 553. The zero-order chi connectivity index (χ0) is 14.5. The van der Waals surface area contributed by atoms with Crippen molar-refractivity contribution in [3.05, 3.63) is 42.1 Å². The molecule has 1 aromatic heterocycles. The lowest BCUT2D eigenvalue weighted by Gasteiger charge is -2.33. The molecule has 0 aliphatic carbocycles. The highest BCUT2D eigenvalue weighted by Gasteiger charge is 2.20. The van der Waals surface area contributed by atoms with E-state index < -0.39 is 0 Å². The van der Waals surface area contributed by atoms with Crippen LogP contribution >= 0.6 is 0 Å². The molecule has 0 fully saturated rings. The van der Waals surface area contributed by atoms with Gasteiger partial charge in [0.05, 0.1) is 5.52 Å². The van der Waals surface area contributed by atoms with Crippen LogP contribution in [0.3, 0.4) is 0 Å². The fourth-order valence-corrected chi connectivity index (χ4v) is 2.77. The van der Waals surface area contributed by atoms with Crippen LogP contribution in [0.4, 0.5) is 0 Å². The van der Waals surface area contributed by atoms with Crippen LogP contribution in [-0.4, -0.2) is 29.5 Å². The summed E-state index contributed by atoms with van der Waals surface area (Å²) in [5.41, 5.74) is 8.34. The Kier molecular flexibility index (Phi) is 5.10. The third-order valence-electron chi connectivity index (χ3n) is 4.13. The summed E-state index contributed by atoms with van der Waals surface area (Å²) in [6.07, 6.45) is 4.23. The van der Waals surface area contributed by atoms with E-state index in [-0.39, 0.29) is 6.04 Å². The lowest BCUT2D eigenvalue weighted by molar-refractivity contribution is 0.180. The van der Waals surface area contributed by atoms with Gasteiger partial charge in [-0.15, -0.1) is 0 Å². The lowest BCUT2D eigenvalue weighted by Crippen LogP contribution is -2.37. The van der Waals surface area contributed by atoms with Gasteiger partial charge in [0.25, 0.3) is 0 Å². The van der Waals surface area contributed by atoms with Gasteiger partial charge in [-0.25, -0.2) is 0 Å². The number of fused-ring (bicyclic) bond motifs is 1. The molecule has 0 saturated carbocycles. The molecule has 1 aromatic carbocycles. The molecule has 2 atom stereocenters. The first-order chi connectivity index (χ1) is 9.67. The highest BCUT2D eigenvalue weighted by Crippen LogP contribution is 2.24. The summed E-state index contributed by atoms with van der Waals surface area (Å²) in [4.78, 5) is 6.76. The van der Waals surface area contributed by atoms with Crippen molar-refractivity contribution in [2.24, 2.45) is 5.73 Å².